The molecule has 1 unspecified atom stereocenters. The van der Waals surface area contributed by atoms with Crippen molar-refractivity contribution >= 4 is 5.97 Å². The smallest absolute Gasteiger partial charge is 0.306 e. The molecule has 0 bridgehead atoms. The van der Waals surface area contributed by atoms with Crippen LogP contribution in [0.4, 0.5) is 0 Å². The molecular formula is C19H38O2. The van der Waals surface area contributed by atoms with E-state index >= 15 is 0 Å². The van der Waals surface area contributed by atoms with Crippen LogP contribution in [0.2, 0.25) is 0 Å². The molecule has 0 aromatic rings. The Hall–Kier alpha value is -0.530. The van der Waals surface area contributed by atoms with Gasteiger partial charge in [0.2, 0.25) is 0 Å². The first kappa shape index (κ1) is 20.5. The standard InChI is InChI=1S/C19H38O2/c1-4-7-9-11-12-13-14-16-18(6-3)21-19(20)17-15-10-8-5-2/h18H,4-17H2,1-3H3. The molecule has 0 rings (SSSR count). The first-order valence-electron chi connectivity index (χ1n) is 9.44. The third-order valence-electron chi connectivity index (χ3n) is 4.12. The molecule has 0 spiro atoms. The number of carbonyl (C=O) groups is 1. The van der Waals surface area contributed by atoms with E-state index in [9.17, 15) is 4.79 Å². The van der Waals surface area contributed by atoms with Gasteiger partial charge in [0.15, 0.2) is 0 Å². The lowest BCUT2D eigenvalue weighted by Gasteiger charge is -2.16. The zero-order chi connectivity index (χ0) is 15.8. The summed E-state index contributed by atoms with van der Waals surface area (Å²) in [5, 5.41) is 0. The van der Waals surface area contributed by atoms with Gasteiger partial charge in [-0.25, -0.2) is 0 Å². The molecule has 0 aliphatic carbocycles. The number of carbonyl (C=O) groups excluding carboxylic acids is 1. The van der Waals surface area contributed by atoms with Crippen molar-refractivity contribution in [2.45, 2.75) is 117 Å². The monoisotopic (exact) mass is 298 g/mol. The van der Waals surface area contributed by atoms with Gasteiger partial charge in [0, 0.05) is 6.42 Å². The molecule has 0 N–H and O–H groups in total. The summed E-state index contributed by atoms with van der Waals surface area (Å²) in [5.74, 6) is 0.0147. The van der Waals surface area contributed by atoms with Crippen LogP contribution >= 0.6 is 0 Å². The molecule has 0 aromatic carbocycles. The lowest BCUT2D eigenvalue weighted by molar-refractivity contribution is -0.149. The average molecular weight is 299 g/mol. The van der Waals surface area contributed by atoms with Crippen LogP contribution in [-0.2, 0) is 9.53 Å². The van der Waals surface area contributed by atoms with Crippen LogP contribution < -0.4 is 0 Å². The van der Waals surface area contributed by atoms with Crippen LogP contribution in [-0.4, -0.2) is 12.1 Å². The van der Waals surface area contributed by atoms with E-state index in [4.69, 9.17) is 4.74 Å². The topological polar surface area (TPSA) is 26.3 Å². The Morgan fingerprint density at radius 1 is 0.762 bits per heavy atom. The molecule has 0 saturated carbocycles. The summed E-state index contributed by atoms with van der Waals surface area (Å²) >= 11 is 0. The van der Waals surface area contributed by atoms with Gasteiger partial charge in [-0.1, -0.05) is 78.6 Å². The average Bonchev–Trinajstić information content (AvgIpc) is 2.49. The van der Waals surface area contributed by atoms with Gasteiger partial charge in [-0.15, -0.1) is 0 Å². The van der Waals surface area contributed by atoms with Gasteiger partial charge in [-0.3, -0.25) is 4.79 Å². The van der Waals surface area contributed by atoms with E-state index in [1.54, 1.807) is 0 Å². The lowest BCUT2D eigenvalue weighted by atomic mass is 10.1. The van der Waals surface area contributed by atoms with E-state index in [2.05, 4.69) is 20.8 Å². The fourth-order valence-corrected chi connectivity index (χ4v) is 2.62. The Morgan fingerprint density at radius 3 is 1.86 bits per heavy atom. The second-order valence-electron chi connectivity index (χ2n) is 6.24. The van der Waals surface area contributed by atoms with Crippen LogP contribution in [0.5, 0.6) is 0 Å². The van der Waals surface area contributed by atoms with E-state index in [-0.39, 0.29) is 12.1 Å². The summed E-state index contributed by atoms with van der Waals surface area (Å²) in [4.78, 5) is 11.8. The van der Waals surface area contributed by atoms with Crippen molar-refractivity contribution in [3.8, 4) is 0 Å². The van der Waals surface area contributed by atoms with E-state index in [0.717, 1.165) is 25.7 Å². The van der Waals surface area contributed by atoms with Crippen molar-refractivity contribution in [2.75, 3.05) is 0 Å². The molecule has 0 radical (unpaired) electrons. The zero-order valence-corrected chi connectivity index (χ0v) is 14.8. The maximum atomic E-state index is 11.8. The second-order valence-corrected chi connectivity index (χ2v) is 6.24. The third kappa shape index (κ3) is 14.2. The van der Waals surface area contributed by atoms with Gasteiger partial charge in [0.25, 0.3) is 0 Å². The van der Waals surface area contributed by atoms with Crippen molar-refractivity contribution in [2.24, 2.45) is 0 Å². The molecular weight excluding hydrogens is 260 g/mol. The van der Waals surface area contributed by atoms with Crippen molar-refractivity contribution in [3.63, 3.8) is 0 Å². The number of hydrogen-bond acceptors (Lipinski definition) is 2. The Bertz CT molecular complexity index is 226. The Morgan fingerprint density at radius 2 is 1.29 bits per heavy atom. The van der Waals surface area contributed by atoms with E-state index in [1.165, 1.54) is 57.8 Å². The van der Waals surface area contributed by atoms with Crippen LogP contribution in [0.1, 0.15) is 111 Å². The number of ether oxygens (including phenoxy) is 1. The summed E-state index contributed by atoms with van der Waals surface area (Å²) in [7, 11) is 0. The summed E-state index contributed by atoms with van der Waals surface area (Å²) in [6.45, 7) is 6.56. The molecule has 0 amide bonds. The zero-order valence-electron chi connectivity index (χ0n) is 14.8. The molecule has 2 nitrogen and oxygen atoms in total. The van der Waals surface area contributed by atoms with Crippen molar-refractivity contribution in [1.29, 1.82) is 0 Å². The predicted molar refractivity (Wildman–Crippen MR) is 91.5 cm³/mol. The van der Waals surface area contributed by atoms with Crippen LogP contribution in [0.15, 0.2) is 0 Å². The van der Waals surface area contributed by atoms with Gasteiger partial charge in [0.05, 0.1) is 0 Å². The highest BCUT2D eigenvalue weighted by Gasteiger charge is 2.11. The number of esters is 1. The third-order valence-corrected chi connectivity index (χ3v) is 4.12. The fourth-order valence-electron chi connectivity index (χ4n) is 2.62. The summed E-state index contributed by atoms with van der Waals surface area (Å²) < 4.78 is 5.59. The Labute approximate surface area is 133 Å². The van der Waals surface area contributed by atoms with E-state index in [1.807, 2.05) is 0 Å². The summed E-state index contributed by atoms with van der Waals surface area (Å²) in [5.41, 5.74) is 0. The highest BCUT2D eigenvalue weighted by molar-refractivity contribution is 5.69. The van der Waals surface area contributed by atoms with Crippen molar-refractivity contribution < 1.29 is 9.53 Å². The van der Waals surface area contributed by atoms with Gasteiger partial charge >= 0.3 is 5.97 Å². The van der Waals surface area contributed by atoms with Crippen molar-refractivity contribution in [1.82, 2.24) is 0 Å². The van der Waals surface area contributed by atoms with Crippen LogP contribution in [0.3, 0.4) is 0 Å². The molecule has 0 aromatic heterocycles. The van der Waals surface area contributed by atoms with E-state index < -0.39 is 0 Å². The Balaban J connectivity index is 3.54. The maximum absolute atomic E-state index is 11.8. The largest absolute Gasteiger partial charge is 0.462 e. The molecule has 126 valence electrons. The maximum Gasteiger partial charge on any atom is 0.306 e. The highest BCUT2D eigenvalue weighted by Crippen LogP contribution is 2.14. The van der Waals surface area contributed by atoms with Crippen LogP contribution in [0, 0.1) is 0 Å². The molecule has 0 saturated heterocycles. The lowest BCUT2D eigenvalue weighted by Crippen LogP contribution is -2.17. The highest BCUT2D eigenvalue weighted by atomic mass is 16.5. The van der Waals surface area contributed by atoms with Gasteiger partial charge in [0.1, 0.15) is 6.10 Å². The number of unbranched alkanes of at least 4 members (excludes halogenated alkanes) is 9. The van der Waals surface area contributed by atoms with Gasteiger partial charge < -0.3 is 4.74 Å². The molecule has 1 atom stereocenters. The fraction of sp³-hybridized carbons (Fsp3) is 0.947. The molecule has 0 aliphatic heterocycles. The minimum atomic E-state index is 0.0147. The quantitative estimate of drug-likeness (QED) is 0.257. The summed E-state index contributed by atoms with van der Waals surface area (Å²) in [6.07, 6.45) is 16.6. The predicted octanol–water partition coefficient (Wildman–Crippen LogP) is 6.42. The molecule has 0 aliphatic rings. The van der Waals surface area contributed by atoms with Crippen LogP contribution in [0.25, 0.3) is 0 Å². The van der Waals surface area contributed by atoms with Crippen molar-refractivity contribution in [3.05, 3.63) is 0 Å². The van der Waals surface area contributed by atoms with Gasteiger partial charge in [-0.2, -0.15) is 0 Å². The molecule has 0 heterocycles. The normalized spacial score (nSPS) is 12.3. The first-order chi connectivity index (χ1) is 10.2. The molecule has 2 heteroatoms. The minimum absolute atomic E-state index is 0.0147. The van der Waals surface area contributed by atoms with Gasteiger partial charge in [-0.05, 0) is 25.7 Å². The SMILES string of the molecule is CCCCCCCCCC(CC)OC(=O)CCCCCC. The first-order valence-corrected chi connectivity index (χ1v) is 9.44. The Kier molecular flexibility index (Phi) is 15.5. The summed E-state index contributed by atoms with van der Waals surface area (Å²) in [6, 6.07) is 0. The number of rotatable bonds is 15. The molecule has 21 heavy (non-hydrogen) atoms. The second kappa shape index (κ2) is 15.9. The van der Waals surface area contributed by atoms with E-state index in [0.29, 0.717) is 6.42 Å². The minimum Gasteiger partial charge on any atom is -0.462 e. The number of hydrogen-bond donors (Lipinski definition) is 0. The molecule has 0 fully saturated rings.